The van der Waals surface area contributed by atoms with Crippen molar-refractivity contribution in [1.82, 2.24) is 5.32 Å². The zero-order valence-electron chi connectivity index (χ0n) is 14.1. The topological polar surface area (TPSA) is 101 Å². The summed E-state index contributed by atoms with van der Waals surface area (Å²) in [5, 5.41) is 15.7. The third-order valence-electron chi connectivity index (χ3n) is 2.97. The van der Waals surface area contributed by atoms with Gasteiger partial charge in [-0.25, -0.2) is 0 Å². The van der Waals surface area contributed by atoms with Gasteiger partial charge in [0.2, 0.25) is 0 Å². The van der Waals surface area contributed by atoms with Crippen molar-refractivity contribution >= 4 is 23.2 Å². The number of nitrogens with zero attached hydrogens (tertiary/aromatic N) is 1. The van der Waals surface area contributed by atoms with Crippen LogP contribution in [0.15, 0.2) is 24.3 Å². The molecule has 0 aliphatic carbocycles. The molecule has 0 heterocycles. The second-order valence-corrected chi connectivity index (χ2v) is 7.33. The van der Waals surface area contributed by atoms with Gasteiger partial charge in [-0.15, -0.1) is 0 Å². The second-order valence-electron chi connectivity index (χ2n) is 7.33. The molecule has 2 amide bonds. The van der Waals surface area contributed by atoms with E-state index in [1.807, 2.05) is 13.8 Å². The molecule has 1 rings (SSSR count). The Balaban J connectivity index is 2.67. The molecule has 0 aliphatic heterocycles. The number of anilines is 1. The van der Waals surface area contributed by atoms with Crippen LogP contribution in [0.4, 0.5) is 11.4 Å². The molecule has 0 aromatic heterocycles. The fourth-order valence-corrected chi connectivity index (χ4v) is 2.59. The minimum Gasteiger partial charge on any atom is -0.343 e. The zero-order valence-corrected chi connectivity index (χ0v) is 14.1. The number of carbonyl (C=O) groups excluding carboxylic acids is 2. The van der Waals surface area contributed by atoms with Crippen molar-refractivity contribution in [2.75, 3.05) is 5.32 Å². The molecule has 0 saturated carbocycles. The first-order valence-corrected chi connectivity index (χ1v) is 7.28. The van der Waals surface area contributed by atoms with Gasteiger partial charge >= 0.3 is 11.8 Å². The number of nitrogens with one attached hydrogen (secondary N) is 2. The van der Waals surface area contributed by atoms with E-state index < -0.39 is 22.3 Å². The fourth-order valence-electron chi connectivity index (χ4n) is 2.59. The number of hydrogen-bond acceptors (Lipinski definition) is 4. The van der Waals surface area contributed by atoms with Gasteiger partial charge < -0.3 is 10.6 Å². The van der Waals surface area contributed by atoms with Crippen LogP contribution in [-0.2, 0) is 9.59 Å². The summed E-state index contributed by atoms with van der Waals surface area (Å²) >= 11 is 0. The van der Waals surface area contributed by atoms with Gasteiger partial charge in [0.15, 0.2) is 0 Å². The van der Waals surface area contributed by atoms with Crippen molar-refractivity contribution < 1.29 is 14.5 Å². The highest BCUT2D eigenvalue weighted by Crippen LogP contribution is 2.26. The first-order valence-electron chi connectivity index (χ1n) is 7.28. The highest BCUT2D eigenvalue weighted by molar-refractivity contribution is 6.39. The maximum atomic E-state index is 12.0. The minimum absolute atomic E-state index is 0.00558. The molecular weight excluding hydrogens is 298 g/mol. The smallest absolute Gasteiger partial charge is 0.313 e. The van der Waals surface area contributed by atoms with Crippen molar-refractivity contribution in [2.45, 2.75) is 46.6 Å². The average Bonchev–Trinajstić information content (AvgIpc) is 2.35. The van der Waals surface area contributed by atoms with E-state index in [4.69, 9.17) is 0 Å². The molecule has 1 aromatic rings. The molecule has 7 nitrogen and oxygen atoms in total. The number of nitro groups is 1. The van der Waals surface area contributed by atoms with Crippen LogP contribution < -0.4 is 10.6 Å². The van der Waals surface area contributed by atoms with Crippen LogP contribution in [0.3, 0.4) is 0 Å². The molecule has 0 aliphatic rings. The number of carbonyl (C=O) groups is 2. The Morgan fingerprint density at radius 2 is 1.57 bits per heavy atom. The van der Waals surface area contributed by atoms with E-state index in [0.717, 1.165) is 0 Å². The number of benzene rings is 1. The first kappa shape index (κ1) is 18.6. The van der Waals surface area contributed by atoms with Gasteiger partial charge in [-0.2, -0.15) is 0 Å². The van der Waals surface area contributed by atoms with E-state index in [9.17, 15) is 19.7 Å². The molecular formula is C16H23N3O4. The highest BCUT2D eigenvalue weighted by atomic mass is 16.6. The molecule has 23 heavy (non-hydrogen) atoms. The second kappa shape index (κ2) is 6.76. The Labute approximate surface area is 135 Å². The SMILES string of the molecule is CC(C)(C)CC(C)(C)NC(=O)C(=O)Nc1ccc([N+](=O)[O-])cc1. The van der Waals surface area contributed by atoms with Crippen LogP contribution in [0.1, 0.15) is 41.0 Å². The van der Waals surface area contributed by atoms with Crippen LogP contribution in [0.25, 0.3) is 0 Å². The van der Waals surface area contributed by atoms with Gasteiger partial charge in [-0.3, -0.25) is 19.7 Å². The van der Waals surface area contributed by atoms with Gasteiger partial charge in [0.05, 0.1) is 4.92 Å². The minimum atomic E-state index is -0.805. The molecule has 0 radical (unpaired) electrons. The van der Waals surface area contributed by atoms with Crippen LogP contribution in [-0.4, -0.2) is 22.3 Å². The molecule has 0 saturated heterocycles. The molecule has 1 aromatic carbocycles. The van der Waals surface area contributed by atoms with Gasteiger partial charge in [0.1, 0.15) is 0 Å². The van der Waals surface area contributed by atoms with Crippen LogP contribution in [0.5, 0.6) is 0 Å². The van der Waals surface area contributed by atoms with Crippen molar-refractivity contribution in [3.63, 3.8) is 0 Å². The lowest BCUT2D eigenvalue weighted by Gasteiger charge is -2.33. The maximum absolute atomic E-state index is 12.0. The zero-order chi connectivity index (χ0) is 17.8. The van der Waals surface area contributed by atoms with Crippen LogP contribution in [0, 0.1) is 15.5 Å². The summed E-state index contributed by atoms with van der Waals surface area (Å²) < 4.78 is 0. The van der Waals surface area contributed by atoms with Gasteiger partial charge in [-0.1, -0.05) is 20.8 Å². The van der Waals surface area contributed by atoms with Gasteiger partial charge in [-0.05, 0) is 37.8 Å². The lowest BCUT2D eigenvalue weighted by atomic mass is 9.82. The lowest BCUT2D eigenvalue weighted by molar-refractivity contribution is -0.384. The van der Waals surface area contributed by atoms with Crippen molar-refractivity contribution in [3.05, 3.63) is 34.4 Å². The van der Waals surface area contributed by atoms with Gasteiger partial charge in [0.25, 0.3) is 5.69 Å². The first-order chi connectivity index (χ1) is 10.4. The van der Waals surface area contributed by atoms with Crippen molar-refractivity contribution in [1.29, 1.82) is 0 Å². The predicted molar refractivity (Wildman–Crippen MR) is 88.0 cm³/mol. The van der Waals surface area contributed by atoms with E-state index >= 15 is 0 Å². The van der Waals surface area contributed by atoms with Crippen molar-refractivity contribution in [2.24, 2.45) is 5.41 Å². The summed E-state index contributed by atoms with van der Waals surface area (Å²) in [6.07, 6.45) is 0.705. The number of hydrogen-bond donors (Lipinski definition) is 2. The van der Waals surface area contributed by atoms with Gasteiger partial charge in [0, 0.05) is 23.4 Å². The molecule has 0 bridgehead atoms. The summed E-state index contributed by atoms with van der Waals surface area (Å²) in [7, 11) is 0. The lowest BCUT2D eigenvalue weighted by Crippen LogP contribution is -2.49. The summed E-state index contributed by atoms with van der Waals surface area (Å²) in [5.74, 6) is -1.54. The molecule has 126 valence electrons. The van der Waals surface area contributed by atoms with Crippen LogP contribution in [0.2, 0.25) is 0 Å². The number of amides is 2. The molecule has 2 N–H and O–H groups in total. The Morgan fingerprint density at radius 1 is 1.04 bits per heavy atom. The Morgan fingerprint density at radius 3 is 2.00 bits per heavy atom. The normalized spacial score (nSPS) is 11.7. The molecule has 0 fully saturated rings. The van der Waals surface area contributed by atoms with Crippen LogP contribution >= 0.6 is 0 Å². The van der Waals surface area contributed by atoms with E-state index in [1.54, 1.807) is 0 Å². The molecule has 0 spiro atoms. The molecule has 0 unspecified atom stereocenters. The predicted octanol–water partition coefficient (Wildman–Crippen LogP) is 2.86. The molecule has 0 atom stereocenters. The Hall–Kier alpha value is -2.44. The average molecular weight is 321 g/mol. The van der Waals surface area contributed by atoms with E-state index in [2.05, 4.69) is 31.4 Å². The summed E-state index contributed by atoms with van der Waals surface area (Å²) in [6, 6.07) is 5.28. The van der Waals surface area contributed by atoms with E-state index in [-0.39, 0.29) is 11.1 Å². The monoisotopic (exact) mass is 321 g/mol. The summed E-state index contributed by atoms with van der Waals surface area (Å²) in [6.45, 7) is 9.87. The third-order valence-corrected chi connectivity index (χ3v) is 2.97. The fraction of sp³-hybridized carbons (Fsp3) is 0.500. The Bertz CT molecular complexity index is 601. The third kappa shape index (κ3) is 6.46. The highest BCUT2D eigenvalue weighted by Gasteiger charge is 2.29. The number of nitro benzene ring substituents is 1. The standard InChI is InChI=1S/C16H23N3O4/c1-15(2,3)10-16(4,5)18-14(21)13(20)17-11-6-8-12(9-7-11)19(22)23/h6-9H,10H2,1-5H3,(H,17,20)(H,18,21). The Kier molecular flexibility index (Phi) is 5.47. The maximum Gasteiger partial charge on any atom is 0.313 e. The van der Waals surface area contributed by atoms with E-state index in [0.29, 0.717) is 12.1 Å². The summed E-state index contributed by atoms with van der Waals surface area (Å²) in [5.41, 5.74) is -0.281. The largest absolute Gasteiger partial charge is 0.343 e. The van der Waals surface area contributed by atoms with Crippen molar-refractivity contribution in [3.8, 4) is 0 Å². The number of rotatable bonds is 4. The number of non-ortho nitro benzene ring substituents is 1. The molecule has 7 heteroatoms. The quantitative estimate of drug-likeness (QED) is 0.506. The summed E-state index contributed by atoms with van der Waals surface area (Å²) in [4.78, 5) is 33.9. The van der Waals surface area contributed by atoms with E-state index in [1.165, 1.54) is 24.3 Å².